The number of fused-ring (bicyclic) bond motifs is 1. The van der Waals surface area contributed by atoms with E-state index in [-0.39, 0.29) is 11.2 Å². The fourth-order valence-electron chi connectivity index (χ4n) is 2.01. The van der Waals surface area contributed by atoms with E-state index in [2.05, 4.69) is 5.32 Å². The Morgan fingerprint density at radius 2 is 2.06 bits per heavy atom. The maximum Gasteiger partial charge on any atom is 0.181 e. The topological polar surface area (TPSA) is 55.4 Å². The molecule has 0 bridgehead atoms. The fourth-order valence-corrected chi connectivity index (χ4v) is 4.07. The van der Waals surface area contributed by atoms with Crippen LogP contribution in [-0.4, -0.2) is 27.8 Å². The van der Waals surface area contributed by atoms with Gasteiger partial charge in [0.1, 0.15) is 5.75 Å². The first-order chi connectivity index (χ1) is 7.84. The molecule has 1 aromatic rings. The largest absolute Gasteiger partial charge is 0.497 e. The highest BCUT2D eigenvalue weighted by molar-refractivity contribution is 7.91. The van der Waals surface area contributed by atoms with Gasteiger partial charge < -0.3 is 10.1 Å². The Morgan fingerprint density at radius 3 is 2.71 bits per heavy atom. The molecule has 1 aromatic carbocycles. The van der Waals surface area contributed by atoms with E-state index in [0.29, 0.717) is 22.9 Å². The lowest BCUT2D eigenvalue weighted by atomic mass is 9.96. The first-order valence-corrected chi connectivity index (χ1v) is 7.14. The molecule has 0 atom stereocenters. The smallest absolute Gasteiger partial charge is 0.181 e. The quantitative estimate of drug-likeness (QED) is 0.833. The van der Waals surface area contributed by atoms with Crippen molar-refractivity contribution in [1.29, 1.82) is 0 Å². The minimum absolute atomic E-state index is 0.146. The summed E-state index contributed by atoms with van der Waals surface area (Å²) in [5.41, 5.74) is 0.391. The van der Waals surface area contributed by atoms with Crippen molar-refractivity contribution >= 4 is 15.5 Å². The summed E-state index contributed by atoms with van der Waals surface area (Å²) in [6.45, 7) is 4.53. The van der Waals surface area contributed by atoms with Gasteiger partial charge >= 0.3 is 0 Å². The Morgan fingerprint density at radius 1 is 1.35 bits per heavy atom. The first kappa shape index (κ1) is 12.2. The third-order valence-corrected chi connectivity index (χ3v) is 5.03. The molecule has 1 aliphatic rings. The van der Waals surface area contributed by atoms with Crippen LogP contribution in [0.2, 0.25) is 0 Å². The Hall–Kier alpha value is -1.23. The van der Waals surface area contributed by atoms with Gasteiger partial charge in [0.05, 0.1) is 23.4 Å². The predicted molar refractivity (Wildman–Crippen MR) is 67.3 cm³/mol. The average Bonchev–Trinajstić information content (AvgIpc) is 2.33. The van der Waals surface area contributed by atoms with Crippen LogP contribution >= 0.6 is 0 Å². The molecule has 0 unspecified atom stereocenters. The molecule has 0 amide bonds. The van der Waals surface area contributed by atoms with E-state index in [4.69, 9.17) is 4.74 Å². The second kappa shape index (κ2) is 3.91. The number of methoxy groups -OCH3 is 1. The Labute approximate surface area is 102 Å². The van der Waals surface area contributed by atoms with Crippen molar-refractivity contribution in [1.82, 2.24) is 0 Å². The number of sulfone groups is 1. The van der Waals surface area contributed by atoms with Crippen molar-refractivity contribution in [3.63, 3.8) is 0 Å². The van der Waals surface area contributed by atoms with Crippen LogP contribution in [0.15, 0.2) is 23.1 Å². The number of benzene rings is 1. The van der Waals surface area contributed by atoms with Crippen LogP contribution < -0.4 is 10.1 Å². The molecule has 0 saturated carbocycles. The second-order valence-corrected chi connectivity index (χ2v) is 7.10. The van der Waals surface area contributed by atoms with Gasteiger partial charge in [-0.1, -0.05) is 13.8 Å². The SMILES string of the molecule is COc1ccc2c(c1)S(=O)(=O)CC(C)(C)CN2. The fraction of sp³-hybridized carbons (Fsp3) is 0.500. The molecule has 1 N–H and O–H groups in total. The third kappa shape index (κ3) is 2.39. The number of anilines is 1. The molecule has 0 spiro atoms. The van der Waals surface area contributed by atoms with Gasteiger partial charge in [-0.25, -0.2) is 8.42 Å². The second-order valence-electron chi connectivity index (χ2n) is 5.14. The number of nitrogens with one attached hydrogen (secondary N) is 1. The average molecular weight is 255 g/mol. The third-order valence-electron chi connectivity index (χ3n) is 2.86. The monoisotopic (exact) mass is 255 g/mol. The van der Waals surface area contributed by atoms with E-state index in [1.165, 1.54) is 7.11 Å². The molecule has 0 aromatic heterocycles. The van der Waals surface area contributed by atoms with Gasteiger partial charge in [0, 0.05) is 12.6 Å². The van der Waals surface area contributed by atoms with Crippen molar-refractivity contribution in [2.45, 2.75) is 18.7 Å². The van der Waals surface area contributed by atoms with Crippen molar-refractivity contribution in [2.24, 2.45) is 5.41 Å². The van der Waals surface area contributed by atoms with Crippen molar-refractivity contribution in [2.75, 3.05) is 24.7 Å². The molecule has 0 fully saturated rings. The summed E-state index contributed by atoms with van der Waals surface area (Å²) < 4.78 is 29.6. The molecule has 1 aliphatic heterocycles. The van der Waals surface area contributed by atoms with Crippen LogP contribution in [-0.2, 0) is 9.84 Å². The molecule has 0 saturated heterocycles. The summed E-state index contributed by atoms with van der Waals surface area (Å²) in [5.74, 6) is 0.710. The highest BCUT2D eigenvalue weighted by Gasteiger charge is 2.32. The Bertz CT molecular complexity index is 535. The molecule has 1 heterocycles. The Balaban J connectivity index is 2.57. The van der Waals surface area contributed by atoms with Gasteiger partial charge in [-0.3, -0.25) is 0 Å². The summed E-state index contributed by atoms with van der Waals surface area (Å²) in [7, 11) is -1.73. The molecule has 5 heteroatoms. The van der Waals surface area contributed by atoms with Crippen molar-refractivity contribution in [3.05, 3.63) is 18.2 Å². The van der Waals surface area contributed by atoms with E-state index in [1.54, 1.807) is 18.2 Å². The number of hydrogen-bond acceptors (Lipinski definition) is 4. The van der Waals surface area contributed by atoms with Crippen molar-refractivity contribution < 1.29 is 13.2 Å². The van der Waals surface area contributed by atoms with Gasteiger partial charge in [-0.05, 0) is 17.5 Å². The molecule has 2 rings (SSSR count). The van der Waals surface area contributed by atoms with E-state index in [0.717, 1.165) is 0 Å². The van der Waals surface area contributed by atoms with Crippen LogP contribution in [0.4, 0.5) is 5.69 Å². The molecular weight excluding hydrogens is 238 g/mol. The first-order valence-electron chi connectivity index (χ1n) is 5.49. The summed E-state index contributed by atoms with van der Waals surface area (Å²) in [4.78, 5) is 0.336. The standard InChI is InChI=1S/C12H17NO3S/c1-12(2)7-13-10-5-4-9(16-3)6-11(10)17(14,15)8-12/h4-6,13H,7-8H2,1-3H3. The lowest BCUT2D eigenvalue weighted by Gasteiger charge is -2.20. The lowest BCUT2D eigenvalue weighted by Crippen LogP contribution is -2.28. The van der Waals surface area contributed by atoms with Crippen molar-refractivity contribution in [3.8, 4) is 5.75 Å². The zero-order valence-electron chi connectivity index (χ0n) is 10.3. The summed E-state index contributed by atoms with van der Waals surface area (Å²) in [5, 5.41) is 3.19. The minimum atomic E-state index is -3.26. The molecular formula is C12H17NO3S. The maximum absolute atomic E-state index is 12.3. The summed E-state index contributed by atoms with van der Waals surface area (Å²) in [6, 6.07) is 5.10. The Kier molecular flexibility index (Phi) is 2.81. The van der Waals surface area contributed by atoms with Crippen LogP contribution in [0.1, 0.15) is 13.8 Å². The van der Waals surface area contributed by atoms with E-state index in [1.807, 2.05) is 13.8 Å². The molecule has 94 valence electrons. The van der Waals surface area contributed by atoms with Gasteiger partial charge in [-0.2, -0.15) is 0 Å². The number of rotatable bonds is 1. The molecule has 0 radical (unpaired) electrons. The van der Waals surface area contributed by atoms with Crippen LogP contribution in [0.5, 0.6) is 5.75 Å². The lowest BCUT2D eigenvalue weighted by molar-refractivity contribution is 0.413. The van der Waals surface area contributed by atoms with Crippen LogP contribution in [0, 0.1) is 5.41 Å². The normalized spacial score (nSPS) is 20.9. The number of ether oxygens (including phenoxy) is 1. The highest BCUT2D eigenvalue weighted by Crippen LogP contribution is 2.34. The summed E-state index contributed by atoms with van der Waals surface area (Å²) >= 11 is 0. The van der Waals surface area contributed by atoms with E-state index >= 15 is 0 Å². The zero-order valence-corrected chi connectivity index (χ0v) is 11.1. The van der Waals surface area contributed by atoms with Gasteiger partial charge in [0.25, 0.3) is 0 Å². The minimum Gasteiger partial charge on any atom is -0.497 e. The highest BCUT2D eigenvalue weighted by atomic mass is 32.2. The van der Waals surface area contributed by atoms with Crippen LogP contribution in [0.3, 0.4) is 0 Å². The number of hydrogen-bond donors (Lipinski definition) is 1. The molecule has 4 nitrogen and oxygen atoms in total. The zero-order chi connectivity index (χ0) is 12.7. The van der Waals surface area contributed by atoms with Gasteiger partial charge in [0.2, 0.25) is 0 Å². The maximum atomic E-state index is 12.3. The van der Waals surface area contributed by atoms with E-state index < -0.39 is 9.84 Å². The molecule has 0 aliphatic carbocycles. The summed E-state index contributed by atoms with van der Waals surface area (Å²) in [6.07, 6.45) is 0. The molecule has 17 heavy (non-hydrogen) atoms. The van der Waals surface area contributed by atoms with E-state index in [9.17, 15) is 8.42 Å². The van der Waals surface area contributed by atoms with Gasteiger partial charge in [0.15, 0.2) is 9.84 Å². The predicted octanol–water partition coefficient (Wildman–Crippen LogP) is 1.92. The van der Waals surface area contributed by atoms with Gasteiger partial charge in [-0.15, -0.1) is 0 Å². The van der Waals surface area contributed by atoms with Crippen LogP contribution in [0.25, 0.3) is 0 Å².